The Balaban J connectivity index is 2.11. The molecule has 0 unspecified atom stereocenters. The standard InChI is InChI=1S/C12H21NO5/c1-12(2)17-8(6-13)11(18-12)10-7(14)4-5-9(15-3)16-10/h8-11H,4-6,13H2,1-3H3/t8-,9+,10+,11+/m0/s1. The molecule has 104 valence electrons. The quantitative estimate of drug-likeness (QED) is 0.779. The van der Waals surface area contributed by atoms with Crippen LogP contribution in [0.25, 0.3) is 0 Å². The first-order valence-electron chi connectivity index (χ1n) is 6.23. The molecule has 2 N–H and O–H groups in total. The summed E-state index contributed by atoms with van der Waals surface area (Å²) in [6, 6.07) is 0. The topological polar surface area (TPSA) is 80.0 Å². The third kappa shape index (κ3) is 2.73. The minimum Gasteiger partial charge on any atom is -0.356 e. The van der Waals surface area contributed by atoms with Crippen molar-refractivity contribution < 1.29 is 23.7 Å². The molecule has 2 heterocycles. The van der Waals surface area contributed by atoms with Crippen LogP contribution in [0.15, 0.2) is 0 Å². The largest absolute Gasteiger partial charge is 0.356 e. The maximum absolute atomic E-state index is 12.0. The normalized spacial score (nSPS) is 40.1. The van der Waals surface area contributed by atoms with Crippen molar-refractivity contribution in [3.63, 3.8) is 0 Å². The maximum atomic E-state index is 12.0. The minimum absolute atomic E-state index is 0.0213. The number of ketones is 1. The van der Waals surface area contributed by atoms with Crippen LogP contribution in [0.5, 0.6) is 0 Å². The van der Waals surface area contributed by atoms with Crippen LogP contribution in [0.2, 0.25) is 0 Å². The first-order chi connectivity index (χ1) is 8.46. The van der Waals surface area contributed by atoms with E-state index >= 15 is 0 Å². The Kier molecular flexibility index (Phi) is 4.03. The molecule has 2 saturated heterocycles. The maximum Gasteiger partial charge on any atom is 0.164 e. The van der Waals surface area contributed by atoms with Gasteiger partial charge in [0.15, 0.2) is 17.9 Å². The molecular weight excluding hydrogens is 238 g/mol. The van der Waals surface area contributed by atoms with Gasteiger partial charge in [0.1, 0.15) is 18.3 Å². The van der Waals surface area contributed by atoms with Crippen LogP contribution in [-0.2, 0) is 23.7 Å². The second-order valence-corrected chi connectivity index (χ2v) is 5.10. The zero-order chi connectivity index (χ0) is 13.3. The van der Waals surface area contributed by atoms with Crippen molar-refractivity contribution in [2.75, 3.05) is 13.7 Å². The molecule has 2 rings (SSSR count). The molecule has 4 atom stereocenters. The van der Waals surface area contributed by atoms with E-state index in [2.05, 4.69) is 0 Å². The third-order valence-electron chi connectivity index (χ3n) is 3.26. The van der Waals surface area contributed by atoms with Gasteiger partial charge >= 0.3 is 0 Å². The zero-order valence-corrected chi connectivity index (χ0v) is 11.0. The molecule has 0 bridgehead atoms. The van der Waals surface area contributed by atoms with Crippen molar-refractivity contribution in [2.24, 2.45) is 5.73 Å². The first kappa shape index (κ1) is 13.9. The number of nitrogens with two attached hydrogens (primary N) is 1. The monoisotopic (exact) mass is 259 g/mol. The van der Waals surface area contributed by atoms with Crippen LogP contribution in [0.1, 0.15) is 26.7 Å². The highest BCUT2D eigenvalue weighted by Gasteiger charge is 2.49. The van der Waals surface area contributed by atoms with Crippen LogP contribution in [-0.4, -0.2) is 49.8 Å². The van der Waals surface area contributed by atoms with Gasteiger partial charge in [0.25, 0.3) is 0 Å². The molecule has 0 aromatic carbocycles. The number of carbonyl (C=O) groups excluding carboxylic acids is 1. The number of methoxy groups -OCH3 is 1. The molecule has 0 radical (unpaired) electrons. The van der Waals surface area contributed by atoms with Crippen molar-refractivity contribution in [3.8, 4) is 0 Å². The van der Waals surface area contributed by atoms with E-state index in [4.69, 9.17) is 24.7 Å². The van der Waals surface area contributed by atoms with Gasteiger partial charge in [0.2, 0.25) is 0 Å². The van der Waals surface area contributed by atoms with Crippen LogP contribution >= 0.6 is 0 Å². The van der Waals surface area contributed by atoms with Gasteiger partial charge in [0, 0.05) is 26.5 Å². The van der Waals surface area contributed by atoms with E-state index < -0.39 is 18.0 Å². The average molecular weight is 259 g/mol. The smallest absolute Gasteiger partial charge is 0.164 e. The lowest BCUT2D eigenvalue weighted by molar-refractivity contribution is -0.214. The first-order valence-corrected chi connectivity index (χ1v) is 6.23. The lowest BCUT2D eigenvalue weighted by Crippen LogP contribution is -2.49. The van der Waals surface area contributed by atoms with E-state index in [1.54, 1.807) is 21.0 Å². The van der Waals surface area contributed by atoms with Gasteiger partial charge in [0.05, 0.1) is 0 Å². The van der Waals surface area contributed by atoms with Crippen LogP contribution < -0.4 is 5.73 Å². The summed E-state index contributed by atoms with van der Waals surface area (Å²) in [6.07, 6.45) is -0.797. The summed E-state index contributed by atoms with van der Waals surface area (Å²) in [7, 11) is 1.56. The highest BCUT2D eigenvalue weighted by Crippen LogP contribution is 2.33. The fourth-order valence-corrected chi connectivity index (χ4v) is 2.45. The Morgan fingerprint density at radius 2 is 2.17 bits per heavy atom. The van der Waals surface area contributed by atoms with Gasteiger partial charge in [-0.15, -0.1) is 0 Å². The predicted octanol–water partition coefficient (Wildman–Crippen LogP) is 0.186. The van der Waals surface area contributed by atoms with Gasteiger partial charge < -0.3 is 24.7 Å². The summed E-state index contributed by atoms with van der Waals surface area (Å²) in [4.78, 5) is 12.0. The van der Waals surface area contributed by atoms with Crippen molar-refractivity contribution in [3.05, 3.63) is 0 Å². The Morgan fingerprint density at radius 3 is 2.78 bits per heavy atom. The number of hydrogen-bond donors (Lipinski definition) is 1. The molecule has 2 aliphatic heterocycles. The highest BCUT2D eigenvalue weighted by atomic mass is 16.8. The van der Waals surface area contributed by atoms with Crippen molar-refractivity contribution in [1.29, 1.82) is 0 Å². The lowest BCUT2D eigenvalue weighted by atomic mass is 9.98. The summed E-state index contributed by atoms with van der Waals surface area (Å²) >= 11 is 0. The molecule has 0 aliphatic carbocycles. The Hall–Kier alpha value is -0.530. The number of ether oxygens (including phenoxy) is 4. The summed E-state index contributed by atoms with van der Waals surface area (Å²) in [5.41, 5.74) is 5.66. The van der Waals surface area contributed by atoms with Gasteiger partial charge in [-0.25, -0.2) is 0 Å². The van der Waals surface area contributed by atoms with E-state index in [0.717, 1.165) is 0 Å². The molecule has 2 aliphatic rings. The molecule has 0 aromatic rings. The second kappa shape index (κ2) is 5.22. The summed E-state index contributed by atoms with van der Waals surface area (Å²) in [5, 5.41) is 0. The fourth-order valence-electron chi connectivity index (χ4n) is 2.45. The fraction of sp³-hybridized carbons (Fsp3) is 0.917. The highest BCUT2D eigenvalue weighted by molar-refractivity contribution is 5.84. The molecule has 0 aromatic heterocycles. The van der Waals surface area contributed by atoms with Crippen molar-refractivity contribution in [1.82, 2.24) is 0 Å². The van der Waals surface area contributed by atoms with Crippen molar-refractivity contribution >= 4 is 5.78 Å². The van der Waals surface area contributed by atoms with E-state index in [9.17, 15) is 4.79 Å². The molecule has 2 fully saturated rings. The van der Waals surface area contributed by atoms with Crippen LogP contribution in [0.3, 0.4) is 0 Å². The zero-order valence-electron chi connectivity index (χ0n) is 11.0. The molecule has 6 nitrogen and oxygen atoms in total. The Labute approximate surface area is 107 Å². The van der Waals surface area contributed by atoms with Crippen LogP contribution in [0.4, 0.5) is 0 Å². The predicted molar refractivity (Wildman–Crippen MR) is 62.8 cm³/mol. The summed E-state index contributed by atoms with van der Waals surface area (Å²) < 4.78 is 22.2. The molecule has 18 heavy (non-hydrogen) atoms. The van der Waals surface area contributed by atoms with E-state index in [1.807, 2.05) is 0 Å². The second-order valence-electron chi connectivity index (χ2n) is 5.10. The third-order valence-corrected chi connectivity index (χ3v) is 3.26. The molecular formula is C12H21NO5. The SMILES string of the molecule is CO[C@H]1CCC(=O)[C@H]([C@@H]2OC(C)(C)O[C@H]2CN)O1. The summed E-state index contributed by atoms with van der Waals surface area (Å²) in [6.45, 7) is 3.90. The number of carbonyl (C=O) groups is 1. The van der Waals surface area contributed by atoms with Gasteiger partial charge in [-0.3, -0.25) is 4.79 Å². The molecule has 0 saturated carbocycles. The molecule has 0 spiro atoms. The lowest BCUT2D eigenvalue weighted by Gasteiger charge is -2.32. The van der Waals surface area contributed by atoms with Gasteiger partial charge in [-0.05, 0) is 13.8 Å². The van der Waals surface area contributed by atoms with E-state index in [0.29, 0.717) is 19.4 Å². The molecule has 0 amide bonds. The average Bonchev–Trinajstić information content (AvgIpc) is 2.65. The van der Waals surface area contributed by atoms with Gasteiger partial charge in [-0.2, -0.15) is 0 Å². The van der Waals surface area contributed by atoms with E-state index in [-0.39, 0.29) is 18.2 Å². The van der Waals surface area contributed by atoms with E-state index in [1.165, 1.54) is 0 Å². The number of hydrogen-bond acceptors (Lipinski definition) is 6. The number of Topliss-reactive ketones (excluding diaryl/α,β-unsaturated/α-hetero) is 1. The molecule has 6 heteroatoms. The Bertz CT molecular complexity index is 320. The minimum atomic E-state index is -0.738. The summed E-state index contributed by atoms with van der Waals surface area (Å²) in [5.74, 6) is -0.716. The number of rotatable bonds is 3. The van der Waals surface area contributed by atoms with Crippen molar-refractivity contribution in [2.45, 2.75) is 57.1 Å². The Morgan fingerprint density at radius 1 is 1.44 bits per heavy atom. The van der Waals surface area contributed by atoms with Gasteiger partial charge in [-0.1, -0.05) is 0 Å². The van der Waals surface area contributed by atoms with Crippen LogP contribution in [0, 0.1) is 0 Å².